The van der Waals surface area contributed by atoms with Crippen LogP contribution in [0.5, 0.6) is 0 Å². The van der Waals surface area contributed by atoms with E-state index in [-0.39, 0.29) is 21.9 Å². The number of carbonyl (C=O) groups excluding carboxylic acids is 1. The smallest absolute Gasteiger partial charge is 0.256 e. The normalized spacial score (nSPS) is 16.6. The number of hydrogen-bond acceptors (Lipinski definition) is 4. The highest BCUT2D eigenvalue weighted by Gasteiger charge is 2.28. The van der Waals surface area contributed by atoms with Crippen LogP contribution in [0.2, 0.25) is 0 Å². The Balaban J connectivity index is 2.11. The molecule has 1 saturated heterocycles. The summed E-state index contributed by atoms with van der Waals surface area (Å²) < 4.78 is 28.7. The number of sulfonamides is 1. The molecule has 1 N–H and O–H groups in total. The van der Waals surface area contributed by atoms with Crippen LogP contribution in [0.25, 0.3) is 10.9 Å². The molecule has 1 amide bonds. The van der Waals surface area contributed by atoms with Crippen LogP contribution in [0.4, 0.5) is 0 Å². The zero-order valence-corrected chi connectivity index (χ0v) is 16.7. The lowest BCUT2D eigenvalue weighted by atomic mass is 10.1. The molecule has 8 heteroatoms. The zero-order chi connectivity index (χ0) is 19.8. The van der Waals surface area contributed by atoms with Gasteiger partial charge in [0.15, 0.2) is 0 Å². The van der Waals surface area contributed by atoms with Gasteiger partial charge in [-0.25, -0.2) is 8.42 Å². The van der Waals surface area contributed by atoms with Gasteiger partial charge in [0.2, 0.25) is 15.5 Å². The van der Waals surface area contributed by atoms with Gasteiger partial charge in [-0.05, 0) is 44.4 Å². The maximum atomic E-state index is 12.9. The Labute approximate surface area is 159 Å². The van der Waals surface area contributed by atoms with Crippen LogP contribution >= 0.6 is 0 Å². The van der Waals surface area contributed by atoms with E-state index in [1.54, 1.807) is 17.7 Å². The van der Waals surface area contributed by atoms with Gasteiger partial charge in [-0.15, -0.1) is 0 Å². The van der Waals surface area contributed by atoms with E-state index >= 15 is 0 Å². The maximum absolute atomic E-state index is 12.9. The molecule has 7 nitrogen and oxygen atoms in total. The standard InChI is InChI=1S/C19H25N3O4S/c1-4-13(2)20-19(24)16-12-21(3)17-8-7-14(11-15(17)18(16)23)27(25,26)22-9-5-6-10-22/h7-8,11-13H,4-6,9-10H2,1-3H3,(H,20,24)/t13-/m0/s1. The van der Waals surface area contributed by atoms with E-state index in [2.05, 4.69) is 5.32 Å². The van der Waals surface area contributed by atoms with E-state index in [1.165, 1.54) is 22.6 Å². The van der Waals surface area contributed by atoms with Crippen molar-refractivity contribution in [2.24, 2.45) is 7.05 Å². The monoisotopic (exact) mass is 391 g/mol. The lowest BCUT2D eigenvalue weighted by Crippen LogP contribution is -2.35. The number of nitrogens with zero attached hydrogens (tertiary/aromatic N) is 2. The number of benzene rings is 1. The molecule has 0 spiro atoms. The van der Waals surface area contributed by atoms with E-state index in [1.807, 2.05) is 13.8 Å². The molecule has 146 valence electrons. The number of pyridine rings is 1. The summed E-state index contributed by atoms with van der Waals surface area (Å²) in [5, 5.41) is 3.02. The minimum absolute atomic E-state index is 0.0148. The number of hydrogen-bond donors (Lipinski definition) is 1. The Morgan fingerprint density at radius 1 is 1.26 bits per heavy atom. The summed E-state index contributed by atoms with van der Waals surface area (Å²) in [4.78, 5) is 25.5. The lowest BCUT2D eigenvalue weighted by Gasteiger charge is -2.17. The fourth-order valence-electron chi connectivity index (χ4n) is 3.27. The molecular weight excluding hydrogens is 366 g/mol. The third kappa shape index (κ3) is 3.64. The Hall–Kier alpha value is -2.19. The molecule has 1 aromatic heterocycles. The van der Waals surface area contributed by atoms with Crippen molar-refractivity contribution >= 4 is 26.8 Å². The van der Waals surface area contributed by atoms with Crippen LogP contribution in [-0.2, 0) is 17.1 Å². The number of rotatable bonds is 5. The number of nitrogens with one attached hydrogen (secondary N) is 1. The van der Waals surface area contributed by atoms with Crippen molar-refractivity contribution in [3.8, 4) is 0 Å². The Morgan fingerprint density at radius 3 is 2.56 bits per heavy atom. The molecule has 0 bridgehead atoms. The molecule has 0 saturated carbocycles. The Morgan fingerprint density at radius 2 is 1.93 bits per heavy atom. The molecule has 1 aliphatic rings. The Kier molecular flexibility index (Phi) is 5.39. The third-order valence-corrected chi connectivity index (χ3v) is 6.99. The SMILES string of the molecule is CC[C@H](C)NC(=O)c1cn(C)c2ccc(S(=O)(=O)N3CCCC3)cc2c1=O. The van der Waals surface area contributed by atoms with E-state index in [4.69, 9.17) is 0 Å². The van der Waals surface area contributed by atoms with Gasteiger partial charge >= 0.3 is 0 Å². The van der Waals surface area contributed by atoms with Crippen molar-refractivity contribution in [2.45, 2.75) is 44.0 Å². The van der Waals surface area contributed by atoms with Crippen LogP contribution in [-0.4, -0.2) is 42.3 Å². The third-order valence-electron chi connectivity index (χ3n) is 5.10. The van der Waals surface area contributed by atoms with Crippen molar-refractivity contribution < 1.29 is 13.2 Å². The molecule has 2 aromatic rings. The zero-order valence-electron chi connectivity index (χ0n) is 15.9. The minimum atomic E-state index is -3.63. The molecule has 1 fully saturated rings. The number of amides is 1. The second-order valence-electron chi connectivity index (χ2n) is 7.06. The van der Waals surface area contributed by atoms with Crippen LogP contribution < -0.4 is 10.7 Å². The van der Waals surface area contributed by atoms with Crippen molar-refractivity contribution in [3.63, 3.8) is 0 Å². The first-order valence-corrected chi connectivity index (χ1v) is 10.6. The molecular formula is C19H25N3O4S. The summed E-state index contributed by atoms with van der Waals surface area (Å²) in [7, 11) is -1.90. The summed E-state index contributed by atoms with van der Waals surface area (Å²) in [6, 6.07) is 4.48. The number of aromatic nitrogens is 1. The number of aryl methyl sites for hydroxylation is 1. The first-order valence-electron chi connectivity index (χ1n) is 9.20. The quantitative estimate of drug-likeness (QED) is 0.842. The van der Waals surface area contributed by atoms with E-state index in [0.717, 1.165) is 19.3 Å². The van der Waals surface area contributed by atoms with Gasteiger partial charge in [-0.1, -0.05) is 6.92 Å². The summed E-state index contributed by atoms with van der Waals surface area (Å²) in [5.41, 5.74) is 0.142. The van der Waals surface area contributed by atoms with Crippen molar-refractivity contribution in [3.05, 3.63) is 40.2 Å². The van der Waals surface area contributed by atoms with E-state index in [9.17, 15) is 18.0 Å². The van der Waals surface area contributed by atoms with Crippen LogP contribution in [0.3, 0.4) is 0 Å². The van der Waals surface area contributed by atoms with Crippen LogP contribution in [0.1, 0.15) is 43.5 Å². The van der Waals surface area contributed by atoms with Gasteiger partial charge in [0, 0.05) is 37.8 Å². The van der Waals surface area contributed by atoms with E-state index in [0.29, 0.717) is 18.6 Å². The molecule has 0 unspecified atom stereocenters. The highest BCUT2D eigenvalue weighted by molar-refractivity contribution is 7.89. The highest BCUT2D eigenvalue weighted by Crippen LogP contribution is 2.23. The topological polar surface area (TPSA) is 88.5 Å². The number of fused-ring (bicyclic) bond motifs is 1. The van der Waals surface area contributed by atoms with Crippen molar-refractivity contribution in [1.82, 2.24) is 14.2 Å². The Bertz CT molecular complexity index is 1040. The van der Waals surface area contributed by atoms with Gasteiger partial charge < -0.3 is 9.88 Å². The first-order chi connectivity index (χ1) is 12.8. The van der Waals surface area contributed by atoms with Crippen molar-refractivity contribution in [2.75, 3.05) is 13.1 Å². The van der Waals surface area contributed by atoms with Gasteiger partial charge in [0.1, 0.15) is 5.56 Å². The maximum Gasteiger partial charge on any atom is 0.256 e. The predicted octanol–water partition coefficient (Wildman–Crippen LogP) is 1.85. The fraction of sp³-hybridized carbons (Fsp3) is 0.474. The van der Waals surface area contributed by atoms with Gasteiger partial charge in [-0.3, -0.25) is 9.59 Å². The minimum Gasteiger partial charge on any atom is -0.350 e. The molecule has 1 aliphatic heterocycles. The lowest BCUT2D eigenvalue weighted by molar-refractivity contribution is 0.0937. The summed E-state index contributed by atoms with van der Waals surface area (Å²) in [5.74, 6) is -0.445. The van der Waals surface area contributed by atoms with Crippen LogP contribution in [0.15, 0.2) is 34.1 Å². The molecule has 3 rings (SSSR count). The molecule has 1 aromatic carbocycles. The van der Waals surface area contributed by atoms with Gasteiger partial charge in [0.05, 0.1) is 10.4 Å². The average Bonchev–Trinajstić information content (AvgIpc) is 3.19. The second-order valence-corrected chi connectivity index (χ2v) is 8.99. The van der Waals surface area contributed by atoms with Gasteiger partial charge in [0.25, 0.3) is 5.91 Å². The van der Waals surface area contributed by atoms with E-state index < -0.39 is 21.4 Å². The summed E-state index contributed by atoms with van der Waals surface area (Å²) in [6.45, 7) is 4.80. The summed E-state index contributed by atoms with van der Waals surface area (Å²) >= 11 is 0. The molecule has 0 aliphatic carbocycles. The highest BCUT2D eigenvalue weighted by atomic mass is 32.2. The fourth-order valence-corrected chi connectivity index (χ4v) is 4.82. The molecule has 0 radical (unpaired) electrons. The first kappa shape index (κ1) is 19.6. The molecule has 1 atom stereocenters. The van der Waals surface area contributed by atoms with Crippen LogP contribution in [0, 0.1) is 0 Å². The molecule has 2 heterocycles. The summed E-state index contributed by atoms with van der Waals surface area (Å²) in [6.07, 6.45) is 3.93. The average molecular weight is 391 g/mol. The second kappa shape index (κ2) is 7.44. The molecule has 27 heavy (non-hydrogen) atoms. The number of carbonyl (C=O) groups is 1. The largest absolute Gasteiger partial charge is 0.350 e. The van der Waals surface area contributed by atoms with Gasteiger partial charge in [-0.2, -0.15) is 4.31 Å². The van der Waals surface area contributed by atoms with Crippen molar-refractivity contribution in [1.29, 1.82) is 0 Å². The predicted molar refractivity (Wildman–Crippen MR) is 104 cm³/mol.